The summed E-state index contributed by atoms with van der Waals surface area (Å²) in [5, 5.41) is 17.0. The monoisotopic (exact) mass is 505 g/mol. The van der Waals surface area contributed by atoms with Crippen LogP contribution in [0.5, 0.6) is 5.75 Å². The minimum atomic E-state index is -1.80. The van der Waals surface area contributed by atoms with Gasteiger partial charge in [-0.05, 0) is 45.1 Å². The zero-order chi connectivity index (χ0) is 22.9. The van der Waals surface area contributed by atoms with Gasteiger partial charge in [0.05, 0.1) is 16.9 Å². The molecular weight excluding hydrogens is 482 g/mol. The van der Waals surface area contributed by atoms with Crippen LogP contribution in [0.2, 0.25) is 0 Å². The van der Waals surface area contributed by atoms with Crippen LogP contribution in [0.15, 0.2) is 49.7 Å². The number of halogens is 1. The van der Waals surface area contributed by atoms with Crippen molar-refractivity contribution in [3.63, 3.8) is 0 Å². The Kier molecular flexibility index (Phi) is 6.51. The van der Waals surface area contributed by atoms with Gasteiger partial charge in [0.15, 0.2) is 17.4 Å². The first-order valence-electron chi connectivity index (χ1n) is 9.45. The fourth-order valence-electron chi connectivity index (χ4n) is 3.00. The molecule has 1 atom stereocenters. The Morgan fingerprint density at radius 1 is 1.03 bits per heavy atom. The molecule has 0 spiro atoms. The first-order chi connectivity index (χ1) is 14.5. The quantitative estimate of drug-likeness (QED) is 0.545. The fourth-order valence-corrected chi connectivity index (χ4v) is 4.00. The van der Waals surface area contributed by atoms with Gasteiger partial charge in [-0.2, -0.15) is 0 Å². The highest BCUT2D eigenvalue weighted by molar-refractivity contribution is 9.10. The van der Waals surface area contributed by atoms with Gasteiger partial charge in [0.2, 0.25) is 0 Å². The number of amides is 1. The van der Waals surface area contributed by atoms with Crippen LogP contribution in [0.4, 0.5) is 11.4 Å². The van der Waals surface area contributed by atoms with Gasteiger partial charge in [0.25, 0.3) is 17.1 Å². The van der Waals surface area contributed by atoms with E-state index < -0.39 is 11.2 Å². The van der Waals surface area contributed by atoms with Crippen LogP contribution >= 0.6 is 15.9 Å². The Balaban J connectivity index is 1.98. The van der Waals surface area contributed by atoms with E-state index in [9.17, 15) is 14.1 Å². The maximum absolute atomic E-state index is 12.8. The number of phenolic OH excluding ortho intramolecular Hbond substituents is 1. The molecule has 0 radical (unpaired) electrons. The Morgan fingerprint density at radius 2 is 1.61 bits per heavy atom. The van der Waals surface area contributed by atoms with E-state index >= 15 is 0 Å². The number of para-hydroxylation sites is 1. The molecule has 1 amide bonds. The molecule has 0 saturated carbocycles. The number of hydrogen-bond donors (Lipinski definition) is 3. The third kappa shape index (κ3) is 4.96. The standard InChI is InChI=1S/C21H24BrN5O3S/c1-21(2,3)12-10-11-15(17(28)16(12)20(29)27(4)5)24-19-18(25-31(30)26-19)23-14-9-7-6-8-13(14)22/h6-11,28H,1-5H3,(H,23,25)(H,24,26). The second kappa shape index (κ2) is 8.80. The number of carbonyl (C=O) groups excluding carboxylic acids is 1. The molecular formula is C21H24BrN5O3S. The Bertz CT molecular complexity index is 1120. The molecule has 0 fully saturated rings. The number of amidine groups is 2. The summed E-state index contributed by atoms with van der Waals surface area (Å²) < 4.78 is 20.8. The number of benzene rings is 2. The second-order valence-corrected chi connectivity index (χ2v) is 9.86. The summed E-state index contributed by atoms with van der Waals surface area (Å²) in [6.07, 6.45) is 0. The molecule has 1 aliphatic rings. The highest BCUT2D eigenvalue weighted by atomic mass is 79.9. The summed E-state index contributed by atoms with van der Waals surface area (Å²) in [5.41, 5.74) is 1.53. The van der Waals surface area contributed by atoms with Gasteiger partial charge in [-0.15, -0.1) is 8.80 Å². The number of carbonyl (C=O) groups is 1. The molecule has 2 aromatic carbocycles. The number of phenols is 1. The Labute approximate surface area is 192 Å². The zero-order valence-electron chi connectivity index (χ0n) is 17.9. The van der Waals surface area contributed by atoms with Crippen molar-refractivity contribution in [3.05, 3.63) is 52.0 Å². The van der Waals surface area contributed by atoms with Gasteiger partial charge in [0, 0.05) is 18.6 Å². The predicted molar refractivity (Wildman–Crippen MR) is 129 cm³/mol. The van der Waals surface area contributed by atoms with Gasteiger partial charge in [-0.3, -0.25) is 4.79 Å². The van der Waals surface area contributed by atoms with Crippen molar-refractivity contribution in [2.45, 2.75) is 26.2 Å². The van der Waals surface area contributed by atoms with Crippen LogP contribution < -0.4 is 10.6 Å². The molecule has 1 aliphatic heterocycles. The lowest BCUT2D eigenvalue weighted by Gasteiger charge is -2.26. The van der Waals surface area contributed by atoms with E-state index in [0.717, 1.165) is 4.47 Å². The number of anilines is 2. The molecule has 0 aromatic heterocycles. The van der Waals surface area contributed by atoms with Crippen LogP contribution in [0.25, 0.3) is 0 Å². The molecule has 10 heteroatoms. The Hall–Kier alpha value is -2.72. The number of hydrogen-bond acceptors (Lipinski definition) is 5. The number of nitrogens with zero attached hydrogens (tertiary/aromatic N) is 3. The normalized spacial score (nSPS) is 15.9. The topological polar surface area (TPSA) is 106 Å². The molecule has 8 nitrogen and oxygen atoms in total. The molecule has 164 valence electrons. The summed E-state index contributed by atoms with van der Waals surface area (Å²) >= 11 is 1.64. The summed E-state index contributed by atoms with van der Waals surface area (Å²) in [6, 6.07) is 10.9. The maximum atomic E-state index is 12.8. The molecule has 1 heterocycles. The van der Waals surface area contributed by atoms with Crippen molar-refractivity contribution in [2.24, 2.45) is 8.80 Å². The first-order valence-corrected chi connectivity index (χ1v) is 11.3. The summed E-state index contributed by atoms with van der Waals surface area (Å²) in [4.78, 5) is 14.2. The average Bonchev–Trinajstić information content (AvgIpc) is 3.02. The van der Waals surface area contributed by atoms with E-state index in [1.165, 1.54) is 4.90 Å². The second-order valence-electron chi connectivity index (χ2n) is 8.17. The number of nitrogens with one attached hydrogen (secondary N) is 2. The van der Waals surface area contributed by atoms with Crippen LogP contribution in [0, 0.1) is 0 Å². The molecule has 2 aromatic rings. The third-order valence-electron chi connectivity index (χ3n) is 4.55. The first kappa shape index (κ1) is 23.0. The third-order valence-corrected chi connectivity index (χ3v) is 5.92. The van der Waals surface area contributed by atoms with Crippen molar-refractivity contribution in [2.75, 3.05) is 24.7 Å². The lowest BCUT2D eigenvalue weighted by Crippen LogP contribution is -2.29. The van der Waals surface area contributed by atoms with Crippen LogP contribution in [0.3, 0.4) is 0 Å². The molecule has 3 rings (SSSR count). The van der Waals surface area contributed by atoms with Gasteiger partial charge in [-0.1, -0.05) is 39.0 Å². The lowest BCUT2D eigenvalue weighted by molar-refractivity contribution is 0.0822. The predicted octanol–water partition coefficient (Wildman–Crippen LogP) is 4.07. The summed E-state index contributed by atoms with van der Waals surface area (Å²) in [6.45, 7) is 5.91. The van der Waals surface area contributed by atoms with Gasteiger partial charge in [-0.25, -0.2) is 4.21 Å². The molecule has 1 unspecified atom stereocenters. The van der Waals surface area contributed by atoms with Crippen molar-refractivity contribution in [3.8, 4) is 5.75 Å². The van der Waals surface area contributed by atoms with Gasteiger partial charge >= 0.3 is 0 Å². The summed E-state index contributed by atoms with van der Waals surface area (Å²) in [5.74, 6) is -0.0730. The zero-order valence-corrected chi connectivity index (χ0v) is 20.3. The van der Waals surface area contributed by atoms with E-state index in [1.54, 1.807) is 26.2 Å². The van der Waals surface area contributed by atoms with Crippen molar-refractivity contribution in [1.29, 1.82) is 0 Å². The van der Waals surface area contributed by atoms with E-state index in [2.05, 4.69) is 35.4 Å². The summed E-state index contributed by atoms with van der Waals surface area (Å²) in [7, 11) is 3.26. The molecule has 31 heavy (non-hydrogen) atoms. The van der Waals surface area contributed by atoms with Gasteiger partial charge in [0.1, 0.15) is 0 Å². The Morgan fingerprint density at radius 3 is 2.16 bits per heavy atom. The van der Waals surface area contributed by atoms with E-state index in [4.69, 9.17) is 0 Å². The van der Waals surface area contributed by atoms with E-state index in [1.807, 2.05) is 45.0 Å². The maximum Gasteiger partial charge on any atom is 0.269 e. The van der Waals surface area contributed by atoms with Crippen molar-refractivity contribution in [1.82, 2.24) is 4.90 Å². The molecule has 0 aliphatic carbocycles. The fraction of sp³-hybridized carbons (Fsp3) is 0.286. The molecule has 0 bridgehead atoms. The smallest absolute Gasteiger partial charge is 0.269 e. The highest BCUT2D eigenvalue weighted by Gasteiger charge is 2.29. The minimum Gasteiger partial charge on any atom is -0.505 e. The van der Waals surface area contributed by atoms with Crippen molar-refractivity contribution >= 4 is 56.1 Å². The SMILES string of the molecule is CN(C)C(=O)c1c(C(C)(C)C)ccc(NC2=NS(=O)N=C2Nc2ccccc2Br)c1O. The van der Waals surface area contributed by atoms with Crippen LogP contribution in [0.1, 0.15) is 36.7 Å². The van der Waals surface area contributed by atoms with Crippen molar-refractivity contribution < 1.29 is 14.1 Å². The largest absolute Gasteiger partial charge is 0.505 e. The van der Waals surface area contributed by atoms with Gasteiger partial charge < -0.3 is 20.6 Å². The van der Waals surface area contributed by atoms with E-state index in [0.29, 0.717) is 11.3 Å². The highest BCUT2D eigenvalue weighted by Crippen LogP contribution is 2.37. The van der Waals surface area contributed by atoms with E-state index in [-0.39, 0.29) is 40.0 Å². The number of aromatic hydroxyl groups is 1. The van der Waals surface area contributed by atoms with Crippen LogP contribution in [-0.4, -0.2) is 45.9 Å². The number of rotatable bonds is 3. The average molecular weight is 506 g/mol. The van der Waals surface area contributed by atoms with Crippen LogP contribution in [-0.2, 0) is 16.6 Å². The minimum absolute atomic E-state index is 0.191. The molecule has 3 N–H and O–H groups in total. The lowest BCUT2D eigenvalue weighted by atomic mass is 9.82. The molecule has 0 saturated heterocycles.